The van der Waals surface area contributed by atoms with Crippen LogP contribution in [-0.2, 0) is 30.2 Å². The van der Waals surface area contributed by atoms with E-state index in [2.05, 4.69) is 27.7 Å². The second-order valence-electron chi connectivity index (χ2n) is 19.5. The molecule has 20 heteroatoms. The van der Waals surface area contributed by atoms with Crippen molar-refractivity contribution in [2.75, 3.05) is 41.4 Å². The second kappa shape index (κ2) is 17.1. The van der Waals surface area contributed by atoms with Gasteiger partial charge in [-0.15, -0.1) is 11.3 Å². The van der Waals surface area contributed by atoms with Crippen LogP contribution in [0.4, 0.5) is 17.4 Å². The lowest BCUT2D eigenvalue weighted by Crippen LogP contribution is -2.55. The highest BCUT2D eigenvalue weighted by Crippen LogP contribution is 2.55. The van der Waals surface area contributed by atoms with Crippen molar-refractivity contribution >= 4 is 102 Å². The molecule has 2 bridgehead atoms. The van der Waals surface area contributed by atoms with Gasteiger partial charge in [-0.1, -0.05) is 48.0 Å². The number of imide groups is 1. The molecule has 4 atom stereocenters. The Kier molecular flexibility index (Phi) is 11.2. The van der Waals surface area contributed by atoms with Crippen molar-refractivity contribution < 1.29 is 51.8 Å². The molecule has 6 aliphatic rings. The summed E-state index contributed by atoms with van der Waals surface area (Å²) < 4.78 is 41.4. The van der Waals surface area contributed by atoms with Gasteiger partial charge in [-0.2, -0.15) is 9.29 Å². The molecule has 17 nitrogen and oxygen atoms in total. The molecule has 12 rings (SSSR count). The van der Waals surface area contributed by atoms with Gasteiger partial charge < -0.3 is 29.6 Å². The Balaban J connectivity index is 0.742. The van der Waals surface area contributed by atoms with E-state index in [1.807, 2.05) is 44.2 Å². The van der Waals surface area contributed by atoms with E-state index in [1.165, 1.54) is 5.56 Å². The van der Waals surface area contributed by atoms with Crippen molar-refractivity contribution in [2.24, 2.45) is 11.8 Å². The highest BCUT2D eigenvalue weighted by molar-refractivity contribution is 7.88. The van der Waals surface area contributed by atoms with Crippen LogP contribution in [0.5, 0.6) is 5.75 Å². The quantitative estimate of drug-likeness (QED) is 0.0813. The zero-order valence-electron chi connectivity index (χ0n) is 37.9. The van der Waals surface area contributed by atoms with Crippen LogP contribution in [0.25, 0.3) is 32.3 Å². The maximum absolute atomic E-state index is 14.2. The number of carbonyl (C=O) groups excluding carboxylic acids is 3. The summed E-state index contributed by atoms with van der Waals surface area (Å²) in [6.45, 7) is 4.80. The normalized spacial score (nSPS) is 23.1. The Hall–Kier alpha value is -6.54. The van der Waals surface area contributed by atoms with Gasteiger partial charge >= 0.3 is 11.9 Å². The number of ether oxygens (including phenoxy) is 1. The fourth-order valence-electron chi connectivity index (χ4n) is 11.6. The number of carbonyl (C=O) groups is 5. The standard InChI is InChI=1S/C50H47ClN6O11S2/c1-50(2)20-30(52-29-6-3-5-26(19-29)44-42(51)43(67-23-39(59)60)45(69-44)48(63)64)15-16-56(50)70(65,66)24-25-9-13-37-34(17-25)53-49(68-37)55-21-27-18-28(22-55)40(27)32-10-11-35-41-31(32)7-4-8-33(41)47(62)57(35)36-12-14-38(58)54-46(36)61/h3-11,13,17,19,27-28,30,36,40,52H,12,14-16,18,20-24H2,1-2H3,(H,59,60)(H,63,64)(H,54,58,61). The van der Waals surface area contributed by atoms with Crippen molar-refractivity contribution in [1.29, 1.82) is 0 Å². The van der Waals surface area contributed by atoms with E-state index >= 15 is 0 Å². The molecule has 0 radical (unpaired) electrons. The molecule has 2 aromatic heterocycles. The minimum atomic E-state index is -3.78. The minimum Gasteiger partial charge on any atom is -0.479 e. The summed E-state index contributed by atoms with van der Waals surface area (Å²) in [6.07, 6.45) is 2.53. The number of thiophene rings is 1. The molecule has 5 aliphatic heterocycles. The summed E-state index contributed by atoms with van der Waals surface area (Å²) in [5.74, 6) is -3.10. The number of carboxylic acids is 2. The maximum Gasteiger partial charge on any atom is 0.349 e. The van der Waals surface area contributed by atoms with Crippen LogP contribution in [0.3, 0.4) is 0 Å². The smallest absolute Gasteiger partial charge is 0.349 e. The van der Waals surface area contributed by atoms with E-state index in [4.69, 9.17) is 30.8 Å². The van der Waals surface area contributed by atoms with Crippen LogP contribution in [0, 0.1) is 11.8 Å². The van der Waals surface area contributed by atoms with E-state index in [-0.39, 0.29) is 64.6 Å². The summed E-state index contributed by atoms with van der Waals surface area (Å²) in [4.78, 5) is 70.4. The number of benzene rings is 4. The molecular weight excluding hydrogens is 960 g/mol. The second-order valence-corrected chi connectivity index (χ2v) is 22.8. The molecule has 1 saturated carbocycles. The molecule has 5 fully saturated rings. The number of anilines is 3. The van der Waals surface area contributed by atoms with Gasteiger partial charge in [0.15, 0.2) is 22.8 Å². The maximum atomic E-state index is 14.2. The van der Waals surface area contributed by atoms with Crippen molar-refractivity contribution in [3.8, 4) is 16.2 Å². The Morgan fingerprint density at radius 2 is 1.80 bits per heavy atom. The SMILES string of the molecule is CC1(C)CC(Nc2cccc(-c3sc(C(=O)O)c(OCC(=O)O)c3Cl)c2)CCN1S(=O)(=O)Cc1ccc2oc(N3CC4CC(C3)C4c3ccc4c5c(cccc35)C(=O)N4C3CCC(=O)NC3=O)nc2c1. The summed E-state index contributed by atoms with van der Waals surface area (Å²) in [5, 5.41) is 26.6. The predicted molar refractivity (Wildman–Crippen MR) is 262 cm³/mol. The number of nitrogens with one attached hydrogen (secondary N) is 2. The van der Waals surface area contributed by atoms with Crippen LogP contribution < -0.4 is 25.2 Å². The molecule has 362 valence electrons. The molecule has 1 aliphatic carbocycles. The van der Waals surface area contributed by atoms with Crippen LogP contribution in [0.1, 0.15) is 83.0 Å². The average molecular weight is 1010 g/mol. The number of piperidine rings is 4. The van der Waals surface area contributed by atoms with E-state index in [9.17, 15) is 37.5 Å². The number of amides is 3. The van der Waals surface area contributed by atoms with Crippen LogP contribution in [0.2, 0.25) is 5.02 Å². The van der Waals surface area contributed by atoms with Gasteiger partial charge in [-0.05, 0) is 116 Å². The van der Waals surface area contributed by atoms with Gasteiger partial charge in [-0.3, -0.25) is 24.6 Å². The molecule has 70 heavy (non-hydrogen) atoms. The van der Waals surface area contributed by atoms with Crippen molar-refractivity contribution in [1.82, 2.24) is 14.6 Å². The molecule has 7 heterocycles. The van der Waals surface area contributed by atoms with Gasteiger partial charge in [0.25, 0.3) is 11.9 Å². The number of hydrogen-bond donors (Lipinski definition) is 4. The van der Waals surface area contributed by atoms with Crippen LogP contribution >= 0.6 is 22.9 Å². The molecule has 3 amide bonds. The van der Waals surface area contributed by atoms with Gasteiger partial charge in [0, 0.05) is 54.3 Å². The minimum absolute atomic E-state index is 0.00727. The van der Waals surface area contributed by atoms with Crippen LogP contribution in [0.15, 0.2) is 77.2 Å². The lowest BCUT2D eigenvalue weighted by molar-refractivity contribution is -0.139. The lowest BCUT2D eigenvalue weighted by Gasteiger charge is -2.53. The van der Waals surface area contributed by atoms with Crippen molar-refractivity contribution in [3.05, 3.63) is 99.4 Å². The fourth-order valence-corrected chi connectivity index (χ4v) is 14.9. The number of halogens is 1. The third-order valence-corrected chi connectivity index (χ3v) is 18.2. The molecule has 4 saturated heterocycles. The Morgan fingerprint density at radius 3 is 2.54 bits per heavy atom. The first kappa shape index (κ1) is 45.9. The number of fused-ring (bicyclic) bond motifs is 3. The molecule has 4 N–H and O–H groups in total. The molecule has 4 aromatic carbocycles. The van der Waals surface area contributed by atoms with E-state index in [0.29, 0.717) is 82.1 Å². The Bertz CT molecular complexity index is 3320. The molecular formula is C50H47ClN6O11S2. The number of hydrogen-bond acceptors (Lipinski definition) is 13. The highest BCUT2D eigenvalue weighted by atomic mass is 35.5. The zero-order chi connectivity index (χ0) is 49.0. The average Bonchev–Trinajstić information content (AvgIpc) is 3.97. The Morgan fingerprint density at radius 1 is 1.01 bits per heavy atom. The first-order valence-electron chi connectivity index (χ1n) is 23.1. The van der Waals surface area contributed by atoms with Gasteiger partial charge in [0.2, 0.25) is 21.8 Å². The number of aliphatic carboxylic acids is 1. The summed E-state index contributed by atoms with van der Waals surface area (Å²) in [6, 6.07) is 22.0. The first-order chi connectivity index (χ1) is 33.4. The largest absolute Gasteiger partial charge is 0.479 e. The topological polar surface area (TPSA) is 229 Å². The van der Waals surface area contributed by atoms with E-state index < -0.39 is 46.1 Å². The number of aromatic carboxylic acids is 1. The van der Waals surface area contributed by atoms with Gasteiger partial charge in [0.05, 0.1) is 16.3 Å². The third-order valence-electron chi connectivity index (χ3n) is 14.5. The Labute approximate surface area is 410 Å². The van der Waals surface area contributed by atoms with Gasteiger partial charge in [-0.25, -0.2) is 18.0 Å². The number of sulfonamides is 1. The van der Waals surface area contributed by atoms with Crippen molar-refractivity contribution in [3.63, 3.8) is 0 Å². The number of nitrogens with zero attached hydrogens (tertiary/aromatic N) is 4. The van der Waals surface area contributed by atoms with E-state index in [0.717, 1.165) is 34.2 Å². The zero-order valence-corrected chi connectivity index (χ0v) is 40.3. The lowest BCUT2D eigenvalue weighted by atomic mass is 9.58. The van der Waals surface area contributed by atoms with E-state index in [1.54, 1.807) is 39.5 Å². The number of oxazole rings is 1. The molecule has 0 spiro atoms. The van der Waals surface area contributed by atoms with Crippen molar-refractivity contribution in [2.45, 2.75) is 75.2 Å². The van der Waals surface area contributed by atoms with Gasteiger partial charge in [0.1, 0.15) is 16.6 Å². The van der Waals surface area contributed by atoms with Crippen LogP contribution in [-0.4, -0.2) is 101 Å². The molecule has 6 aromatic rings. The summed E-state index contributed by atoms with van der Waals surface area (Å²) in [7, 11) is -3.78. The highest BCUT2D eigenvalue weighted by Gasteiger charge is 2.50. The number of aromatic nitrogens is 1. The molecule has 4 unspecified atom stereocenters. The summed E-state index contributed by atoms with van der Waals surface area (Å²) >= 11 is 7.43. The summed E-state index contributed by atoms with van der Waals surface area (Å²) in [5.41, 5.74) is 4.78. The fraction of sp³-hybridized carbons (Fsp3) is 0.360. The third kappa shape index (κ3) is 7.92. The predicted octanol–water partition coefficient (Wildman–Crippen LogP) is 7.71. The monoisotopic (exact) mass is 1010 g/mol. The first-order valence-corrected chi connectivity index (χ1v) is 25.9. The number of carboxylic acid groups (broad SMARTS) is 2. The number of rotatable bonds is 13.